The minimum absolute atomic E-state index is 0.143. The van der Waals surface area contributed by atoms with Gasteiger partial charge in [-0.3, -0.25) is 0 Å². The summed E-state index contributed by atoms with van der Waals surface area (Å²) in [6, 6.07) is 0.251. The lowest BCUT2D eigenvalue weighted by Crippen LogP contribution is -2.32. The lowest BCUT2D eigenvalue weighted by atomic mass is 10.2. The molecule has 3 fully saturated rings. The molecule has 0 aromatic carbocycles. The minimum atomic E-state index is -0.146. The predicted octanol–water partition coefficient (Wildman–Crippen LogP) is 2.48. The quantitative estimate of drug-likeness (QED) is 0.858. The summed E-state index contributed by atoms with van der Waals surface area (Å²) >= 11 is 0. The molecule has 1 aromatic rings. The van der Waals surface area contributed by atoms with E-state index < -0.39 is 0 Å². The molecule has 3 aliphatic rings. The highest BCUT2D eigenvalue weighted by molar-refractivity contribution is 5.68. The van der Waals surface area contributed by atoms with E-state index in [1.165, 1.54) is 25.7 Å². The van der Waals surface area contributed by atoms with E-state index in [4.69, 9.17) is 4.74 Å². The molecule has 1 saturated heterocycles. The van der Waals surface area contributed by atoms with Gasteiger partial charge in [0.25, 0.3) is 0 Å². The molecule has 1 amide bonds. The zero-order chi connectivity index (χ0) is 14.2. The summed E-state index contributed by atoms with van der Waals surface area (Å²) in [5.74, 6) is 0.628. The second-order valence-electron chi connectivity index (χ2n) is 6.58. The smallest absolute Gasteiger partial charge is 0.410 e. The largest absolute Gasteiger partial charge is 0.446 e. The molecule has 1 aromatic heterocycles. The monoisotopic (exact) mass is 290 g/mol. The van der Waals surface area contributed by atoms with Crippen molar-refractivity contribution >= 4 is 6.09 Å². The molecule has 0 radical (unpaired) electrons. The highest BCUT2D eigenvalue weighted by atomic mass is 16.6. The van der Waals surface area contributed by atoms with Gasteiger partial charge in [0.05, 0.1) is 11.7 Å². The molecule has 2 saturated carbocycles. The van der Waals surface area contributed by atoms with Crippen LogP contribution in [-0.4, -0.2) is 45.2 Å². The number of rotatable bonds is 3. The fourth-order valence-corrected chi connectivity index (χ4v) is 3.38. The average molecular weight is 290 g/mol. The summed E-state index contributed by atoms with van der Waals surface area (Å²) < 4.78 is 7.52. The van der Waals surface area contributed by atoms with E-state index in [2.05, 4.69) is 16.5 Å². The SMILES string of the molecule is O=C(OC1CCCC1)N1CCC(n2cc(C3CC3)nn2)C1. The van der Waals surface area contributed by atoms with Gasteiger partial charge in [-0.25, -0.2) is 9.48 Å². The Morgan fingerprint density at radius 2 is 2.00 bits per heavy atom. The van der Waals surface area contributed by atoms with Crippen molar-refractivity contribution in [2.45, 2.75) is 63.0 Å². The normalized spacial score (nSPS) is 26.5. The van der Waals surface area contributed by atoms with E-state index >= 15 is 0 Å². The van der Waals surface area contributed by atoms with Crippen LogP contribution < -0.4 is 0 Å². The molecule has 1 unspecified atom stereocenters. The first-order chi connectivity index (χ1) is 10.3. The van der Waals surface area contributed by atoms with Gasteiger partial charge in [0.1, 0.15) is 6.10 Å². The van der Waals surface area contributed by atoms with Gasteiger partial charge >= 0.3 is 6.09 Å². The molecule has 0 N–H and O–H groups in total. The summed E-state index contributed by atoms with van der Waals surface area (Å²) in [7, 11) is 0. The second kappa shape index (κ2) is 5.31. The number of nitrogens with zero attached hydrogens (tertiary/aromatic N) is 4. The van der Waals surface area contributed by atoms with Crippen molar-refractivity contribution in [2.24, 2.45) is 0 Å². The summed E-state index contributed by atoms with van der Waals surface area (Å²) in [5, 5.41) is 8.50. The Morgan fingerprint density at radius 1 is 1.19 bits per heavy atom. The van der Waals surface area contributed by atoms with Gasteiger partial charge in [0, 0.05) is 25.2 Å². The van der Waals surface area contributed by atoms with E-state index in [9.17, 15) is 4.79 Å². The summed E-state index contributed by atoms with van der Waals surface area (Å²) in [5.41, 5.74) is 1.11. The molecule has 114 valence electrons. The summed E-state index contributed by atoms with van der Waals surface area (Å²) in [6.45, 7) is 1.45. The van der Waals surface area contributed by atoms with E-state index in [0.717, 1.165) is 31.5 Å². The average Bonchev–Trinajstić information content (AvgIpc) is 2.94. The number of hydrogen-bond acceptors (Lipinski definition) is 4. The van der Waals surface area contributed by atoms with Gasteiger partial charge in [-0.05, 0) is 44.9 Å². The number of likely N-dealkylation sites (tertiary alicyclic amines) is 1. The van der Waals surface area contributed by atoms with Crippen LogP contribution in [0.4, 0.5) is 4.79 Å². The van der Waals surface area contributed by atoms with Crippen molar-refractivity contribution in [3.05, 3.63) is 11.9 Å². The zero-order valence-corrected chi connectivity index (χ0v) is 12.3. The molecule has 0 spiro atoms. The highest BCUT2D eigenvalue weighted by Crippen LogP contribution is 2.39. The number of amides is 1. The van der Waals surface area contributed by atoms with E-state index in [1.54, 1.807) is 0 Å². The van der Waals surface area contributed by atoms with Crippen molar-refractivity contribution in [3.8, 4) is 0 Å². The number of aromatic nitrogens is 3. The zero-order valence-electron chi connectivity index (χ0n) is 12.3. The van der Waals surface area contributed by atoms with Crippen molar-refractivity contribution in [2.75, 3.05) is 13.1 Å². The number of carbonyl (C=O) groups excluding carboxylic acids is 1. The number of ether oxygens (including phenoxy) is 1. The van der Waals surface area contributed by atoms with Crippen LogP contribution in [0.2, 0.25) is 0 Å². The molecule has 21 heavy (non-hydrogen) atoms. The molecule has 1 atom stereocenters. The summed E-state index contributed by atoms with van der Waals surface area (Å²) in [6.07, 6.45) is 9.89. The van der Waals surface area contributed by atoms with Crippen LogP contribution in [0.3, 0.4) is 0 Å². The van der Waals surface area contributed by atoms with Crippen molar-refractivity contribution in [1.29, 1.82) is 0 Å². The lowest BCUT2D eigenvalue weighted by molar-refractivity contribution is 0.0706. The molecule has 0 bridgehead atoms. The Morgan fingerprint density at radius 3 is 2.76 bits per heavy atom. The Balaban J connectivity index is 1.33. The Hall–Kier alpha value is -1.59. The van der Waals surface area contributed by atoms with Crippen molar-refractivity contribution < 1.29 is 9.53 Å². The maximum Gasteiger partial charge on any atom is 0.410 e. The number of carbonyl (C=O) groups is 1. The summed E-state index contributed by atoms with van der Waals surface area (Å²) in [4.78, 5) is 14.0. The van der Waals surface area contributed by atoms with Crippen LogP contribution in [0.15, 0.2) is 6.20 Å². The van der Waals surface area contributed by atoms with E-state index in [-0.39, 0.29) is 18.2 Å². The predicted molar refractivity (Wildman–Crippen MR) is 76.0 cm³/mol. The third-order valence-electron chi connectivity index (χ3n) is 4.89. The Labute approximate surface area is 124 Å². The molecule has 6 nitrogen and oxygen atoms in total. The topological polar surface area (TPSA) is 60.2 Å². The molecule has 4 rings (SSSR count). The van der Waals surface area contributed by atoms with Gasteiger partial charge in [-0.15, -0.1) is 5.10 Å². The van der Waals surface area contributed by atoms with Crippen molar-refractivity contribution in [1.82, 2.24) is 19.9 Å². The Kier molecular flexibility index (Phi) is 3.31. The first-order valence-electron chi connectivity index (χ1n) is 8.17. The highest BCUT2D eigenvalue weighted by Gasteiger charge is 2.32. The van der Waals surface area contributed by atoms with Gasteiger partial charge in [-0.2, -0.15) is 0 Å². The second-order valence-corrected chi connectivity index (χ2v) is 6.58. The molecular formula is C15H22N4O2. The van der Waals surface area contributed by atoms with Gasteiger partial charge in [0.2, 0.25) is 0 Å². The van der Waals surface area contributed by atoms with Crippen molar-refractivity contribution in [3.63, 3.8) is 0 Å². The van der Waals surface area contributed by atoms with E-state index in [0.29, 0.717) is 12.5 Å². The van der Waals surface area contributed by atoms with Gasteiger partial charge in [0.15, 0.2) is 0 Å². The van der Waals surface area contributed by atoms with Gasteiger partial charge < -0.3 is 9.64 Å². The minimum Gasteiger partial charge on any atom is -0.446 e. The first-order valence-corrected chi connectivity index (χ1v) is 8.17. The fraction of sp³-hybridized carbons (Fsp3) is 0.800. The molecule has 1 aliphatic heterocycles. The van der Waals surface area contributed by atoms with Crippen LogP contribution in [0, 0.1) is 0 Å². The molecule has 2 heterocycles. The van der Waals surface area contributed by atoms with Crippen LogP contribution >= 0.6 is 0 Å². The fourth-order valence-electron chi connectivity index (χ4n) is 3.38. The van der Waals surface area contributed by atoms with Crippen LogP contribution in [-0.2, 0) is 4.74 Å². The maximum atomic E-state index is 12.2. The maximum absolute atomic E-state index is 12.2. The standard InChI is InChI=1S/C15H22N4O2/c20-15(21-13-3-1-2-4-13)18-8-7-12(9-18)19-10-14(16-17-19)11-5-6-11/h10-13H,1-9H2. The van der Waals surface area contributed by atoms with Crippen LogP contribution in [0.1, 0.15) is 62.6 Å². The third-order valence-corrected chi connectivity index (χ3v) is 4.89. The van der Waals surface area contributed by atoms with Crippen LogP contribution in [0.25, 0.3) is 0 Å². The molecule has 2 aliphatic carbocycles. The van der Waals surface area contributed by atoms with Crippen LogP contribution in [0.5, 0.6) is 0 Å². The molecular weight excluding hydrogens is 268 g/mol. The number of hydrogen-bond donors (Lipinski definition) is 0. The van der Waals surface area contributed by atoms with E-state index in [1.807, 2.05) is 9.58 Å². The Bertz CT molecular complexity index is 519. The third kappa shape index (κ3) is 2.76. The first kappa shape index (κ1) is 13.1. The molecule has 6 heteroatoms. The lowest BCUT2D eigenvalue weighted by Gasteiger charge is -2.19. The van der Waals surface area contributed by atoms with Gasteiger partial charge in [-0.1, -0.05) is 5.21 Å².